The fourth-order valence-corrected chi connectivity index (χ4v) is 4.64. The van der Waals surface area contributed by atoms with Gasteiger partial charge < -0.3 is 5.11 Å². The van der Waals surface area contributed by atoms with Gasteiger partial charge in [-0.2, -0.15) is 0 Å². The van der Waals surface area contributed by atoms with Gasteiger partial charge in [0, 0.05) is 19.1 Å². The summed E-state index contributed by atoms with van der Waals surface area (Å²) >= 11 is 0. The van der Waals surface area contributed by atoms with Crippen molar-refractivity contribution in [2.45, 2.75) is 31.6 Å². The van der Waals surface area contributed by atoms with Crippen molar-refractivity contribution >= 4 is 25.6 Å². The number of rotatable bonds is 6. The maximum absolute atomic E-state index is 11.8. The molecule has 0 aliphatic carbocycles. The number of sulfone groups is 2. The normalized spacial score (nSPS) is 23.9. The number of aliphatic carboxylic acids is 1. The van der Waals surface area contributed by atoms with E-state index in [-0.39, 0.29) is 36.8 Å². The van der Waals surface area contributed by atoms with Crippen LogP contribution in [-0.4, -0.2) is 74.5 Å². The van der Waals surface area contributed by atoms with Crippen LogP contribution in [0.3, 0.4) is 0 Å². The van der Waals surface area contributed by atoms with Crippen LogP contribution < -0.4 is 0 Å². The van der Waals surface area contributed by atoms with E-state index < -0.39 is 36.9 Å². The molecular weight excluding hydrogens is 306 g/mol. The van der Waals surface area contributed by atoms with Crippen LogP contribution in [0.4, 0.5) is 0 Å². The number of carboxylic acid groups (broad SMARTS) is 1. The largest absolute Gasteiger partial charge is 0.481 e. The van der Waals surface area contributed by atoms with Gasteiger partial charge in [-0.3, -0.25) is 9.69 Å². The minimum atomic E-state index is -3.24. The van der Waals surface area contributed by atoms with Crippen LogP contribution in [0.1, 0.15) is 20.3 Å². The van der Waals surface area contributed by atoms with Crippen LogP contribution in [0.25, 0.3) is 0 Å². The minimum Gasteiger partial charge on any atom is -0.481 e. The molecule has 9 heteroatoms. The summed E-state index contributed by atoms with van der Waals surface area (Å²) in [6.45, 7) is 3.54. The first-order valence-electron chi connectivity index (χ1n) is 6.41. The molecule has 1 unspecified atom stereocenters. The lowest BCUT2D eigenvalue weighted by molar-refractivity contribution is -0.138. The van der Waals surface area contributed by atoms with Crippen molar-refractivity contribution in [1.29, 1.82) is 0 Å². The van der Waals surface area contributed by atoms with Gasteiger partial charge in [-0.05, 0) is 13.8 Å². The SMILES string of the molecule is CC(C)S(=O)(=O)CCN1CCS(=O)(=O)CC1CC(=O)O. The van der Waals surface area contributed by atoms with Crippen LogP contribution in [-0.2, 0) is 24.5 Å². The van der Waals surface area contributed by atoms with Crippen LogP contribution in [0.15, 0.2) is 0 Å². The van der Waals surface area contributed by atoms with E-state index in [9.17, 15) is 21.6 Å². The van der Waals surface area contributed by atoms with Gasteiger partial charge in [0.1, 0.15) is 0 Å². The molecule has 1 N–H and O–H groups in total. The molecule has 1 aliphatic heterocycles. The second kappa shape index (κ2) is 6.40. The number of carbonyl (C=O) groups is 1. The quantitative estimate of drug-likeness (QED) is 0.692. The van der Waals surface area contributed by atoms with Crippen molar-refractivity contribution in [3.05, 3.63) is 0 Å². The highest BCUT2D eigenvalue weighted by molar-refractivity contribution is 7.92. The Morgan fingerprint density at radius 3 is 2.50 bits per heavy atom. The van der Waals surface area contributed by atoms with E-state index in [1.165, 1.54) is 0 Å². The fourth-order valence-electron chi connectivity index (χ4n) is 2.08. The maximum atomic E-state index is 11.8. The van der Waals surface area contributed by atoms with Crippen LogP contribution >= 0.6 is 0 Å². The summed E-state index contributed by atoms with van der Waals surface area (Å²) in [5.41, 5.74) is 0. The summed E-state index contributed by atoms with van der Waals surface area (Å²) in [4.78, 5) is 12.5. The second-order valence-corrected chi connectivity index (χ2v) is 10.2. The average Bonchev–Trinajstić information content (AvgIpc) is 2.25. The Hall–Kier alpha value is -0.670. The van der Waals surface area contributed by atoms with Crippen molar-refractivity contribution in [3.8, 4) is 0 Å². The van der Waals surface area contributed by atoms with Crippen LogP contribution in [0.2, 0.25) is 0 Å². The van der Waals surface area contributed by atoms with Crippen LogP contribution in [0, 0.1) is 0 Å². The number of nitrogens with zero attached hydrogens (tertiary/aromatic N) is 1. The summed E-state index contributed by atoms with van der Waals surface area (Å²) in [5, 5.41) is 8.34. The van der Waals surface area contributed by atoms with Crippen molar-refractivity contribution in [1.82, 2.24) is 4.90 Å². The molecule has 1 saturated heterocycles. The molecule has 118 valence electrons. The molecular formula is C11H21NO6S2. The van der Waals surface area contributed by atoms with Gasteiger partial charge in [-0.25, -0.2) is 16.8 Å². The molecule has 0 radical (unpaired) electrons. The lowest BCUT2D eigenvalue weighted by Crippen LogP contribution is -2.50. The topological polar surface area (TPSA) is 109 Å². The highest BCUT2D eigenvalue weighted by Crippen LogP contribution is 2.15. The summed E-state index contributed by atoms with van der Waals surface area (Å²) in [6.07, 6.45) is -0.291. The van der Waals surface area contributed by atoms with Crippen LogP contribution in [0.5, 0.6) is 0 Å². The summed E-state index contributed by atoms with van der Waals surface area (Å²) in [7, 11) is -6.45. The van der Waals surface area contributed by atoms with Gasteiger partial charge in [0.25, 0.3) is 0 Å². The molecule has 0 amide bonds. The van der Waals surface area contributed by atoms with E-state index in [1.54, 1.807) is 18.7 Å². The Labute approximate surface area is 119 Å². The molecule has 20 heavy (non-hydrogen) atoms. The Morgan fingerprint density at radius 1 is 1.40 bits per heavy atom. The predicted octanol–water partition coefficient (Wildman–Crippen LogP) is -0.617. The molecule has 1 aliphatic rings. The van der Waals surface area contributed by atoms with Gasteiger partial charge in [-0.15, -0.1) is 0 Å². The zero-order chi connectivity index (χ0) is 15.6. The van der Waals surface area contributed by atoms with E-state index in [1.807, 2.05) is 0 Å². The van der Waals surface area contributed by atoms with E-state index in [2.05, 4.69) is 0 Å². The third kappa shape index (κ3) is 5.02. The second-order valence-electron chi connectivity index (χ2n) is 5.32. The van der Waals surface area contributed by atoms with Crippen molar-refractivity contribution in [2.75, 3.05) is 30.3 Å². The maximum Gasteiger partial charge on any atom is 0.304 e. The van der Waals surface area contributed by atoms with Gasteiger partial charge in [0.15, 0.2) is 19.7 Å². The minimum absolute atomic E-state index is 0.0507. The number of carboxylic acids is 1. The molecule has 1 heterocycles. The zero-order valence-corrected chi connectivity index (χ0v) is 13.3. The van der Waals surface area contributed by atoms with E-state index in [4.69, 9.17) is 5.11 Å². The van der Waals surface area contributed by atoms with E-state index in [0.717, 1.165) is 0 Å². The molecule has 0 spiro atoms. The lowest BCUT2D eigenvalue weighted by atomic mass is 10.2. The van der Waals surface area contributed by atoms with Gasteiger partial charge >= 0.3 is 5.97 Å². The monoisotopic (exact) mass is 327 g/mol. The first-order chi connectivity index (χ1) is 9.03. The fraction of sp³-hybridized carbons (Fsp3) is 0.909. The van der Waals surface area contributed by atoms with Gasteiger partial charge in [-0.1, -0.05) is 0 Å². The van der Waals surface area contributed by atoms with Crippen molar-refractivity contribution in [2.24, 2.45) is 0 Å². The molecule has 0 bridgehead atoms. The first kappa shape index (κ1) is 17.4. The summed E-state index contributed by atoms with van der Waals surface area (Å²) in [6, 6.07) is -0.645. The third-order valence-electron chi connectivity index (χ3n) is 3.44. The first-order valence-corrected chi connectivity index (χ1v) is 9.95. The Morgan fingerprint density at radius 2 is 2.00 bits per heavy atom. The van der Waals surface area contributed by atoms with E-state index >= 15 is 0 Å². The molecule has 1 rings (SSSR count). The van der Waals surface area contributed by atoms with E-state index in [0.29, 0.717) is 0 Å². The molecule has 1 atom stereocenters. The molecule has 0 aromatic heterocycles. The zero-order valence-electron chi connectivity index (χ0n) is 11.6. The van der Waals surface area contributed by atoms with Crippen molar-refractivity contribution in [3.63, 3.8) is 0 Å². The molecule has 0 aromatic carbocycles. The highest BCUT2D eigenvalue weighted by atomic mass is 32.2. The lowest BCUT2D eigenvalue weighted by Gasteiger charge is -2.34. The Kier molecular flexibility index (Phi) is 5.56. The summed E-state index contributed by atoms with van der Waals surface area (Å²) in [5.74, 6) is -1.43. The molecule has 0 saturated carbocycles. The van der Waals surface area contributed by atoms with Crippen molar-refractivity contribution < 1.29 is 26.7 Å². The predicted molar refractivity (Wildman–Crippen MR) is 75.2 cm³/mol. The number of hydrogen-bond acceptors (Lipinski definition) is 6. The summed E-state index contributed by atoms with van der Waals surface area (Å²) < 4.78 is 46.7. The molecule has 1 fully saturated rings. The molecule has 0 aromatic rings. The van der Waals surface area contributed by atoms with Gasteiger partial charge in [0.2, 0.25) is 0 Å². The smallest absolute Gasteiger partial charge is 0.304 e. The average molecular weight is 327 g/mol. The van der Waals surface area contributed by atoms with Gasteiger partial charge in [0.05, 0.1) is 28.9 Å². The highest BCUT2D eigenvalue weighted by Gasteiger charge is 2.33. The standard InChI is InChI=1S/C11H21NO6S2/c1-9(2)20(17,18)6-4-12-3-5-19(15,16)8-10(12)7-11(13)14/h9-10H,3-8H2,1-2H3,(H,13,14). The Bertz CT molecular complexity index is 551. The Balaban J connectivity index is 2.74. The number of hydrogen-bond donors (Lipinski definition) is 1. The molecule has 7 nitrogen and oxygen atoms in total. The third-order valence-corrected chi connectivity index (χ3v) is 7.33.